The van der Waals surface area contributed by atoms with E-state index in [0.717, 1.165) is 5.56 Å². The number of rotatable bonds is 7. The van der Waals surface area contributed by atoms with E-state index in [9.17, 15) is 10.1 Å². The fourth-order valence-corrected chi connectivity index (χ4v) is 2.21. The average molecular weight is 351 g/mol. The molecule has 0 aliphatic carbocycles. The van der Waals surface area contributed by atoms with Gasteiger partial charge in [0.15, 0.2) is 11.5 Å². The molecule has 2 aromatic carbocycles. The first-order chi connectivity index (χ1) is 12.5. The highest BCUT2D eigenvalue weighted by molar-refractivity contribution is 5.98. The number of nitrogens with zero attached hydrogens (tertiary/aromatic N) is 1. The first-order valence-electron chi connectivity index (χ1n) is 8.21. The lowest BCUT2D eigenvalue weighted by molar-refractivity contribution is -0.142. The monoisotopic (exact) mass is 351 g/mol. The lowest BCUT2D eigenvalue weighted by Crippen LogP contribution is -2.12. The predicted molar refractivity (Wildman–Crippen MR) is 98.6 cm³/mol. The molecule has 0 fully saturated rings. The van der Waals surface area contributed by atoms with E-state index in [2.05, 4.69) is 0 Å². The summed E-state index contributed by atoms with van der Waals surface area (Å²) in [6, 6.07) is 16.8. The number of ether oxygens (including phenoxy) is 3. The maximum Gasteiger partial charge on any atom is 0.349 e. The van der Waals surface area contributed by atoms with Crippen LogP contribution in [0.4, 0.5) is 0 Å². The molecule has 0 aliphatic heterocycles. The van der Waals surface area contributed by atoms with Crippen LogP contribution in [0.25, 0.3) is 6.08 Å². The molecule has 26 heavy (non-hydrogen) atoms. The van der Waals surface area contributed by atoms with Gasteiger partial charge < -0.3 is 14.2 Å². The molecule has 0 aliphatic rings. The molecule has 0 radical (unpaired) electrons. The zero-order chi connectivity index (χ0) is 18.9. The fourth-order valence-electron chi connectivity index (χ4n) is 2.21. The average Bonchev–Trinajstić information content (AvgIpc) is 2.64. The van der Waals surface area contributed by atoms with Gasteiger partial charge in [-0.3, -0.25) is 0 Å². The molecule has 0 N–H and O–H groups in total. The van der Waals surface area contributed by atoms with Crippen molar-refractivity contribution in [3.8, 4) is 17.6 Å². The summed E-state index contributed by atoms with van der Waals surface area (Å²) in [7, 11) is 1.56. The predicted octanol–water partition coefficient (Wildman–Crippen LogP) is 4.13. The highest BCUT2D eigenvalue weighted by Crippen LogP contribution is 2.29. The summed E-state index contributed by atoms with van der Waals surface area (Å²) >= 11 is 0. The minimum atomic E-state index is -0.648. The summed E-state index contributed by atoms with van der Waals surface area (Å²) < 4.78 is 16.2. The lowest BCUT2D eigenvalue weighted by Gasteiger charge is -2.12. The molecule has 134 valence electrons. The van der Waals surface area contributed by atoms with Crippen molar-refractivity contribution in [1.29, 1.82) is 5.26 Å². The highest BCUT2D eigenvalue weighted by Gasteiger charge is 2.13. The van der Waals surface area contributed by atoms with Crippen LogP contribution in [0.3, 0.4) is 0 Å². The molecular formula is C21H21NO4. The molecule has 0 spiro atoms. The van der Waals surface area contributed by atoms with Crippen molar-refractivity contribution < 1.29 is 19.0 Å². The van der Waals surface area contributed by atoms with Gasteiger partial charge >= 0.3 is 5.97 Å². The second kappa shape index (κ2) is 9.28. The molecule has 0 unspecified atom stereocenters. The Morgan fingerprint density at radius 2 is 1.88 bits per heavy atom. The highest BCUT2D eigenvalue weighted by atomic mass is 16.5. The van der Waals surface area contributed by atoms with E-state index in [1.54, 1.807) is 39.2 Å². The minimum Gasteiger partial charge on any atom is -0.493 e. The molecule has 5 heteroatoms. The quantitative estimate of drug-likeness (QED) is 0.426. The molecule has 2 aromatic rings. The molecule has 5 nitrogen and oxygen atoms in total. The maximum absolute atomic E-state index is 11.9. The Morgan fingerprint density at radius 1 is 1.15 bits per heavy atom. The Morgan fingerprint density at radius 3 is 2.50 bits per heavy atom. The van der Waals surface area contributed by atoms with Crippen LogP contribution >= 0.6 is 0 Å². The van der Waals surface area contributed by atoms with E-state index < -0.39 is 5.97 Å². The Labute approximate surface area is 153 Å². The summed E-state index contributed by atoms with van der Waals surface area (Å²) in [6.07, 6.45) is 1.18. The van der Waals surface area contributed by atoms with Crippen molar-refractivity contribution in [2.45, 2.75) is 26.6 Å². The van der Waals surface area contributed by atoms with Gasteiger partial charge in [-0.15, -0.1) is 0 Å². The van der Waals surface area contributed by atoms with E-state index >= 15 is 0 Å². The number of benzene rings is 2. The molecule has 2 rings (SSSR count). The van der Waals surface area contributed by atoms with Crippen LogP contribution in [-0.4, -0.2) is 19.2 Å². The number of esters is 1. The zero-order valence-corrected chi connectivity index (χ0v) is 15.1. The molecule has 0 atom stereocenters. The van der Waals surface area contributed by atoms with Gasteiger partial charge in [-0.2, -0.15) is 5.26 Å². The third-order valence-corrected chi connectivity index (χ3v) is 3.42. The third kappa shape index (κ3) is 5.38. The van der Waals surface area contributed by atoms with Gasteiger partial charge in [0, 0.05) is 0 Å². The second-order valence-electron chi connectivity index (χ2n) is 5.81. The largest absolute Gasteiger partial charge is 0.493 e. The van der Waals surface area contributed by atoms with Crippen molar-refractivity contribution in [3.05, 3.63) is 65.2 Å². The molecule has 0 saturated carbocycles. The molecule has 0 amide bonds. The first kappa shape index (κ1) is 19.1. The van der Waals surface area contributed by atoms with E-state index in [0.29, 0.717) is 23.7 Å². The molecule has 0 bridgehead atoms. The first-order valence-corrected chi connectivity index (χ1v) is 8.21. The number of nitriles is 1. The summed E-state index contributed by atoms with van der Waals surface area (Å²) in [5.41, 5.74) is 1.60. The summed E-state index contributed by atoms with van der Waals surface area (Å²) in [5, 5.41) is 9.22. The number of hydrogen-bond donors (Lipinski definition) is 0. The maximum atomic E-state index is 11.9. The van der Waals surface area contributed by atoms with Crippen LogP contribution in [-0.2, 0) is 16.1 Å². The smallest absolute Gasteiger partial charge is 0.349 e. The van der Waals surface area contributed by atoms with Gasteiger partial charge in [0.1, 0.15) is 18.2 Å². The SMILES string of the molecule is COc1ccc(/C=C(\C#N)C(=O)OC(C)C)cc1OCc1ccccc1. The molecule has 0 aromatic heterocycles. The van der Waals surface area contributed by atoms with Crippen LogP contribution < -0.4 is 9.47 Å². The van der Waals surface area contributed by atoms with Crippen molar-refractivity contribution in [1.82, 2.24) is 0 Å². The van der Waals surface area contributed by atoms with Crippen LogP contribution in [0.1, 0.15) is 25.0 Å². The summed E-state index contributed by atoms with van der Waals surface area (Å²) in [5.74, 6) is 0.450. The van der Waals surface area contributed by atoms with Gasteiger partial charge in [-0.1, -0.05) is 36.4 Å². The van der Waals surface area contributed by atoms with Crippen molar-refractivity contribution in [2.75, 3.05) is 7.11 Å². The number of hydrogen-bond acceptors (Lipinski definition) is 5. The molecule has 0 heterocycles. The Bertz CT molecular complexity index is 820. The van der Waals surface area contributed by atoms with E-state index in [-0.39, 0.29) is 11.7 Å². The van der Waals surface area contributed by atoms with Gasteiger partial charge in [-0.25, -0.2) is 4.79 Å². The number of methoxy groups -OCH3 is 1. The van der Waals surface area contributed by atoms with E-state index in [4.69, 9.17) is 14.2 Å². The van der Waals surface area contributed by atoms with Gasteiger partial charge in [0.05, 0.1) is 13.2 Å². The van der Waals surface area contributed by atoms with Crippen molar-refractivity contribution in [2.24, 2.45) is 0 Å². The summed E-state index contributed by atoms with van der Waals surface area (Å²) in [6.45, 7) is 3.84. The van der Waals surface area contributed by atoms with Crippen molar-refractivity contribution in [3.63, 3.8) is 0 Å². The summed E-state index contributed by atoms with van der Waals surface area (Å²) in [4.78, 5) is 11.9. The molecular weight excluding hydrogens is 330 g/mol. The Balaban J connectivity index is 2.23. The van der Waals surface area contributed by atoms with Gasteiger partial charge in [-0.05, 0) is 43.2 Å². The van der Waals surface area contributed by atoms with Crippen LogP contribution in [0, 0.1) is 11.3 Å². The normalized spacial score (nSPS) is 11.0. The fraction of sp³-hybridized carbons (Fsp3) is 0.238. The van der Waals surface area contributed by atoms with E-state index in [1.165, 1.54) is 6.08 Å². The van der Waals surface area contributed by atoms with Crippen molar-refractivity contribution >= 4 is 12.0 Å². The zero-order valence-electron chi connectivity index (χ0n) is 15.1. The molecule has 0 saturated heterocycles. The lowest BCUT2D eigenvalue weighted by atomic mass is 10.1. The van der Waals surface area contributed by atoms with Gasteiger partial charge in [0.25, 0.3) is 0 Å². The van der Waals surface area contributed by atoms with Crippen LogP contribution in [0.2, 0.25) is 0 Å². The number of carbonyl (C=O) groups is 1. The number of carbonyl (C=O) groups excluding carboxylic acids is 1. The Hall–Kier alpha value is -3.26. The second-order valence-corrected chi connectivity index (χ2v) is 5.81. The third-order valence-electron chi connectivity index (χ3n) is 3.42. The van der Waals surface area contributed by atoms with E-state index in [1.807, 2.05) is 36.4 Å². The minimum absolute atomic E-state index is 0.0714. The van der Waals surface area contributed by atoms with Gasteiger partial charge in [0.2, 0.25) is 0 Å². The Kier molecular flexibility index (Phi) is 6.81. The van der Waals surface area contributed by atoms with Crippen LogP contribution in [0.15, 0.2) is 54.1 Å². The standard InChI is InChI=1S/C21H21NO4/c1-15(2)26-21(23)18(13-22)11-17-9-10-19(24-3)20(12-17)25-14-16-7-5-4-6-8-16/h4-12,15H,14H2,1-3H3/b18-11+. The van der Waals surface area contributed by atoms with Crippen LogP contribution in [0.5, 0.6) is 11.5 Å². The topological polar surface area (TPSA) is 68.5 Å².